The Hall–Kier alpha value is -2.84. The predicted molar refractivity (Wildman–Crippen MR) is 127 cm³/mol. The Labute approximate surface area is 190 Å². The molecule has 32 heavy (non-hydrogen) atoms. The van der Waals surface area contributed by atoms with Crippen LogP contribution in [-0.4, -0.2) is 34.6 Å². The molecule has 2 aromatic carbocycles. The van der Waals surface area contributed by atoms with E-state index in [1.807, 2.05) is 36.4 Å². The number of hydrogen-bond donors (Lipinski definition) is 2. The molecule has 1 amide bonds. The summed E-state index contributed by atoms with van der Waals surface area (Å²) in [4.78, 5) is 12.1. The third-order valence-corrected chi connectivity index (χ3v) is 5.67. The van der Waals surface area contributed by atoms with Gasteiger partial charge < -0.3 is 14.8 Å². The van der Waals surface area contributed by atoms with Crippen LogP contribution in [0.5, 0.6) is 11.5 Å². The van der Waals surface area contributed by atoms with E-state index in [1.165, 1.54) is 6.08 Å². The van der Waals surface area contributed by atoms with Gasteiger partial charge in [0, 0.05) is 24.9 Å². The average Bonchev–Trinajstić information content (AvgIpc) is 2.77. The fourth-order valence-electron chi connectivity index (χ4n) is 2.72. The number of methoxy groups -OCH3 is 1. The van der Waals surface area contributed by atoms with Crippen LogP contribution in [0.25, 0.3) is 6.08 Å². The van der Waals surface area contributed by atoms with E-state index in [1.54, 1.807) is 19.2 Å². The van der Waals surface area contributed by atoms with Crippen molar-refractivity contribution in [1.82, 2.24) is 10.0 Å². The summed E-state index contributed by atoms with van der Waals surface area (Å²) in [6, 6.07) is 14.6. The summed E-state index contributed by atoms with van der Waals surface area (Å²) in [5.41, 5.74) is 1.64. The summed E-state index contributed by atoms with van der Waals surface area (Å²) in [6.45, 7) is 5.21. The molecule has 2 N–H and O–H groups in total. The zero-order valence-electron chi connectivity index (χ0n) is 18.8. The molecule has 0 aliphatic heterocycles. The lowest BCUT2D eigenvalue weighted by atomic mass is 10.1. The minimum Gasteiger partial charge on any atom is -0.493 e. The first kappa shape index (κ1) is 25.4. The number of benzene rings is 2. The topological polar surface area (TPSA) is 93.7 Å². The fourth-order valence-corrected chi connectivity index (χ4v) is 3.54. The number of carbonyl (C=O) groups excluding carboxylic acids is 1. The number of carbonyl (C=O) groups is 1. The first-order valence-electron chi connectivity index (χ1n) is 10.6. The van der Waals surface area contributed by atoms with E-state index < -0.39 is 10.0 Å². The van der Waals surface area contributed by atoms with Crippen molar-refractivity contribution in [3.05, 3.63) is 65.1 Å². The molecule has 8 heteroatoms. The number of rotatable bonds is 13. The lowest BCUT2D eigenvalue weighted by Crippen LogP contribution is -2.29. The van der Waals surface area contributed by atoms with Crippen LogP contribution in [0.3, 0.4) is 0 Å². The van der Waals surface area contributed by atoms with Crippen molar-refractivity contribution in [3.63, 3.8) is 0 Å². The van der Waals surface area contributed by atoms with Crippen LogP contribution in [-0.2, 0) is 21.4 Å². The van der Waals surface area contributed by atoms with Crippen LogP contribution in [0.2, 0.25) is 0 Å². The molecule has 0 bridgehead atoms. The van der Waals surface area contributed by atoms with Crippen LogP contribution in [0, 0.1) is 5.92 Å². The van der Waals surface area contributed by atoms with E-state index in [9.17, 15) is 13.2 Å². The highest BCUT2D eigenvalue weighted by molar-refractivity contribution is 7.92. The molecule has 0 spiro atoms. The maximum absolute atomic E-state index is 12.1. The molecule has 0 aliphatic carbocycles. The first-order valence-corrected chi connectivity index (χ1v) is 12.1. The van der Waals surface area contributed by atoms with Gasteiger partial charge in [0.25, 0.3) is 0 Å². The van der Waals surface area contributed by atoms with Gasteiger partial charge in [0.2, 0.25) is 15.9 Å². The van der Waals surface area contributed by atoms with E-state index >= 15 is 0 Å². The van der Waals surface area contributed by atoms with Gasteiger partial charge in [-0.15, -0.1) is 0 Å². The predicted octanol–water partition coefficient (Wildman–Crippen LogP) is 3.72. The van der Waals surface area contributed by atoms with Gasteiger partial charge in [0.15, 0.2) is 11.5 Å². The highest BCUT2D eigenvalue weighted by Crippen LogP contribution is 2.28. The Bertz CT molecular complexity index is 989. The van der Waals surface area contributed by atoms with Gasteiger partial charge in [-0.05, 0) is 41.7 Å². The molecule has 0 heterocycles. The molecule has 0 fully saturated rings. The second kappa shape index (κ2) is 12.9. The minimum atomic E-state index is -3.61. The Morgan fingerprint density at radius 1 is 1.09 bits per heavy atom. The molecule has 7 nitrogen and oxygen atoms in total. The monoisotopic (exact) mass is 460 g/mol. The van der Waals surface area contributed by atoms with Crippen LogP contribution >= 0.6 is 0 Å². The smallest absolute Gasteiger partial charge is 0.233 e. The van der Waals surface area contributed by atoms with Crippen molar-refractivity contribution in [1.29, 1.82) is 0 Å². The molecule has 0 unspecified atom stereocenters. The Morgan fingerprint density at radius 3 is 2.53 bits per heavy atom. The van der Waals surface area contributed by atoms with Gasteiger partial charge in [-0.3, -0.25) is 4.79 Å². The maximum Gasteiger partial charge on any atom is 0.233 e. The quantitative estimate of drug-likeness (QED) is 0.475. The molecule has 0 radical (unpaired) electrons. The average molecular weight is 461 g/mol. The fraction of sp³-hybridized carbons (Fsp3) is 0.375. The largest absolute Gasteiger partial charge is 0.493 e. The van der Waals surface area contributed by atoms with Crippen molar-refractivity contribution >= 4 is 22.0 Å². The number of ether oxygens (including phenoxy) is 2. The second-order valence-electron chi connectivity index (χ2n) is 7.70. The number of sulfonamides is 1. The zero-order chi connectivity index (χ0) is 23.4. The van der Waals surface area contributed by atoms with Gasteiger partial charge in [-0.1, -0.05) is 50.2 Å². The van der Waals surface area contributed by atoms with E-state index in [-0.39, 0.29) is 18.9 Å². The van der Waals surface area contributed by atoms with E-state index in [2.05, 4.69) is 23.9 Å². The summed E-state index contributed by atoms with van der Waals surface area (Å²) in [6.07, 6.45) is 2.49. The normalized spacial score (nSPS) is 11.6. The summed E-state index contributed by atoms with van der Waals surface area (Å²) in [7, 11) is -2.04. The second-order valence-corrected chi connectivity index (χ2v) is 9.35. The molecule has 0 saturated carbocycles. The van der Waals surface area contributed by atoms with E-state index in [0.29, 0.717) is 30.6 Å². The van der Waals surface area contributed by atoms with Crippen LogP contribution in [0.15, 0.2) is 53.9 Å². The SMILES string of the molecule is COc1cc(CNC(=O)CCNS(=O)(=O)/C=C/c2ccccc2)ccc1OCCC(C)C. The summed E-state index contributed by atoms with van der Waals surface area (Å²) < 4.78 is 37.6. The third kappa shape index (κ3) is 9.53. The minimum absolute atomic E-state index is 0.0131. The van der Waals surface area contributed by atoms with Gasteiger partial charge >= 0.3 is 0 Å². The highest BCUT2D eigenvalue weighted by Gasteiger charge is 2.09. The molecule has 0 saturated heterocycles. The summed E-state index contributed by atoms with van der Waals surface area (Å²) in [5.74, 6) is 1.58. The molecule has 2 aromatic rings. The van der Waals surface area contributed by atoms with E-state index in [4.69, 9.17) is 9.47 Å². The van der Waals surface area contributed by atoms with Crippen LogP contribution in [0.1, 0.15) is 37.8 Å². The lowest BCUT2D eigenvalue weighted by Gasteiger charge is -2.13. The first-order chi connectivity index (χ1) is 15.3. The summed E-state index contributed by atoms with van der Waals surface area (Å²) in [5, 5.41) is 3.88. The molecule has 2 rings (SSSR count). The van der Waals surface area contributed by atoms with Gasteiger partial charge in [0.1, 0.15) is 0 Å². The van der Waals surface area contributed by atoms with Crippen LogP contribution < -0.4 is 19.5 Å². The molecule has 0 aromatic heterocycles. The third-order valence-electron chi connectivity index (χ3n) is 4.57. The van der Waals surface area contributed by atoms with Crippen molar-refractivity contribution in [2.24, 2.45) is 5.92 Å². The van der Waals surface area contributed by atoms with Crippen molar-refractivity contribution in [3.8, 4) is 11.5 Å². The zero-order valence-corrected chi connectivity index (χ0v) is 19.7. The van der Waals surface area contributed by atoms with Crippen LogP contribution in [0.4, 0.5) is 0 Å². The standard InChI is InChI=1S/C24H32N2O5S/c1-19(2)12-15-31-22-10-9-21(17-23(22)30-3)18-25-24(27)11-14-26-32(28,29)16-13-20-7-5-4-6-8-20/h4-10,13,16-17,19,26H,11-12,14-15,18H2,1-3H3,(H,25,27)/b16-13+. The maximum atomic E-state index is 12.1. The van der Waals surface area contributed by atoms with Gasteiger partial charge in [-0.2, -0.15) is 0 Å². The van der Waals surface area contributed by atoms with Gasteiger partial charge in [-0.25, -0.2) is 13.1 Å². The Kier molecular flexibility index (Phi) is 10.2. The molecule has 0 aliphatic rings. The van der Waals surface area contributed by atoms with Crippen molar-refractivity contribution in [2.75, 3.05) is 20.3 Å². The van der Waals surface area contributed by atoms with Crippen molar-refractivity contribution in [2.45, 2.75) is 33.2 Å². The number of hydrogen-bond acceptors (Lipinski definition) is 5. The molecular weight excluding hydrogens is 428 g/mol. The van der Waals surface area contributed by atoms with Gasteiger partial charge in [0.05, 0.1) is 13.7 Å². The summed E-state index contributed by atoms with van der Waals surface area (Å²) >= 11 is 0. The van der Waals surface area contributed by atoms with E-state index in [0.717, 1.165) is 23.0 Å². The Morgan fingerprint density at radius 2 is 1.84 bits per heavy atom. The highest BCUT2D eigenvalue weighted by atomic mass is 32.2. The lowest BCUT2D eigenvalue weighted by molar-refractivity contribution is -0.121. The Balaban J connectivity index is 1.77. The van der Waals surface area contributed by atoms with Crippen molar-refractivity contribution < 1.29 is 22.7 Å². The number of amides is 1. The molecule has 174 valence electrons. The molecular formula is C24H32N2O5S. The molecule has 0 atom stereocenters. The number of nitrogens with one attached hydrogen (secondary N) is 2.